The van der Waals surface area contributed by atoms with Crippen LogP contribution in [-0.4, -0.2) is 27.0 Å². The van der Waals surface area contributed by atoms with E-state index in [1.54, 1.807) is 6.07 Å². The van der Waals surface area contributed by atoms with Crippen LogP contribution in [0.25, 0.3) is 10.6 Å². The molecule has 0 saturated heterocycles. The third kappa shape index (κ3) is 4.76. The van der Waals surface area contributed by atoms with Gasteiger partial charge in [-0.1, -0.05) is 35.7 Å². The number of halogens is 2. The summed E-state index contributed by atoms with van der Waals surface area (Å²) < 4.78 is 21.1. The predicted octanol–water partition coefficient (Wildman–Crippen LogP) is 5.90. The summed E-state index contributed by atoms with van der Waals surface area (Å²) in [4.78, 5) is 19.7. The minimum Gasteiger partial charge on any atom is -0.505 e. The molecule has 0 aliphatic carbocycles. The van der Waals surface area contributed by atoms with Gasteiger partial charge in [-0.2, -0.15) is 5.10 Å². The van der Waals surface area contributed by atoms with Crippen molar-refractivity contribution in [1.29, 1.82) is 0 Å². The molecule has 2 aromatic carbocycles. The molecule has 12 heteroatoms. The number of hydrogen-bond donors (Lipinski definition) is 3. The van der Waals surface area contributed by atoms with Gasteiger partial charge in [-0.15, -0.1) is 11.3 Å². The molecule has 3 N–H and O–H groups in total. The van der Waals surface area contributed by atoms with Crippen molar-refractivity contribution in [3.05, 3.63) is 86.2 Å². The number of fused-ring (bicyclic) bond motifs is 1. The SMILES string of the molecule is CSNc1ccc2c(c1)SNC(c1c(O)c(-c3cccs3)nn(Cc3ccc(F)c(Cl)c3)c1=O)=N2. The Kier molecular flexibility index (Phi) is 6.74. The van der Waals surface area contributed by atoms with E-state index >= 15 is 0 Å². The molecule has 0 radical (unpaired) electrons. The number of aromatic hydroxyl groups is 1. The van der Waals surface area contributed by atoms with E-state index in [1.807, 2.05) is 35.9 Å². The van der Waals surface area contributed by atoms with Gasteiger partial charge in [0.25, 0.3) is 5.56 Å². The smallest absolute Gasteiger partial charge is 0.281 e. The molecule has 35 heavy (non-hydrogen) atoms. The summed E-state index contributed by atoms with van der Waals surface area (Å²) in [6.07, 6.45) is 1.93. The molecule has 3 heterocycles. The van der Waals surface area contributed by atoms with Crippen molar-refractivity contribution in [1.82, 2.24) is 14.5 Å². The van der Waals surface area contributed by atoms with Gasteiger partial charge in [0.1, 0.15) is 17.1 Å². The molecule has 0 bridgehead atoms. The number of nitrogens with one attached hydrogen (secondary N) is 2. The molecule has 5 rings (SSSR count). The molecule has 1 aliphatic heterocycles. The zero-order valence-corrected chi connectivity index (χ0v) is 21.3. The van der Waals surface area contributed by atoms with Crippen molar-refractivity contribution in [2.45, 2.75) is 11.4 Å². The lowest BCUT2D eigenvalue weighted by Gasteiger charge is -2.19. The number of nitrogens with zero attached hydrogens (tertiary/aromatic N) is 3. The van der Waals surface area contributed by atoms with Crippen LogP contribution in [0.15, 0.2) is 68.6 Å². The van der Waals surface area contributed by atoms with E-state index in [2.05, 4.69) is 19.5 Å². The number of amidine groups is 1. The number of anilines is 1. The standard InChI is InChI=1S/C23H17ClFN5O2S3/c1-33-28-13-5-7-16-18(10-13)35-29-22(26-16)19-21(31)20(17-3-2-8-34-17)27-30(23(19)32)11-12-4-6-15(25)14(24)9-12/h2-10,28,31H,11H2,1H3,(H,26,29). The lowest BCUT2D eigenvalue weighted by molar-refractivity contribution is 0.464. The minimum atomic E-state index is -0.547. The molecule has 0 saturated carbocycles. The molecule has 2 aromatic heterocycles. The van der Waals surface area contributed by atoms with Crippen LogP contribution in [-0.2, 0) is 6.54 Å². The maximum Gasteiger partial charge on any atom is 0.281 e. The summed E-state index contributed by atoms with van der Waals surface area (Å²) >= 11 is 10.1. The molecule has 4 aromatic rings. The molecular formula is C23H17ClFN5O2S3. The second-order valence-electron chi connectivity index (χ2n) is 7.41. The highest BCUT2D eigenvalue weighted by Crippen LogP contribution is 2.37. The third-order valence-electron chi connectivity index (χ3n) is 5.11. The number of rotatable bonds is 6. The fourth-order valence-corrected chi connectivity index (χ4v) is 5.53. The first-order chi connectivity index (χ1) is 16.9. The van der Waals surface area contributed by atoms with E-state index < -0.39 is 11.4 Å². The summed E-state index contributed by atoms with van der Waals surface area (Å²) in [6.45, 7) is 0.0329. The molecule has 0 atom stereocenters. The van der Waals surface area contributed by atoms with Crippen molar-refractivity contribution < 1.29 is 9.50 Å². The van der Waals surface area contributed by atoms with Crippen molar-refractivity contribution >= 4 is 64.0 Å². The minimum absolute atomic E-state index is 0.000994. The maximum absolute atomic E-state index is 13.6. The first-order valence-electron chi connectivity index (χ1n) is 10.2. The first-order valence-corrected chi connectivity index (χ1v) is 13.5. The Labute approximate surface area is 217 Å². The number of aromatic nitrogens is 2. The van der Waals surface area contributed by atoms with E-state index in [-0.39, 0.29) is 34.4 Å². The fourth-order valence-electron chi connectivity index (χ4n) is 3.50. The van der Waals surface area contributed by atoms with Crippen molar-refractivity contribution in [3.63, 3.8) is 0 Å². The maximum atomic E-state index is 13.6. The highest BCUT2D eigenvalue weighted by Gasteiger charge is 2.26. The van der Waals surface area contributed by atoms with E-state index in [9.17, 15) is 14.3 Å². The summed E-state index contributed by atoms with van der Waals surface area (Å²) in [5.41, 5.74) is 1.89. The number of hydrogen-bond acceptors (Lipinski definition) is 9. The van der Waals surface area contributed by atoms with Gasteiger partial charge in [0.2, 0.25) is 0 Å². The first kappa shape index (κ1) is 23.7. The van der Waals surface area contributed by atoms with Gasteiger partial charge < -0.3 is 14.6 Å². The van der Waals surface area contributed by atoms with Gasteiger partial charge in [0.15, 0.2) is 11.6 Å². The highest BCUT2D eigenvalue weighted by atomic mass is 35.5. The lowest BCUT2D eigenvalue weighted by atomic mass is 10.1. The van der Waals surface area contributed by atoms with Crippen LogP contribution >= 0.6 is 46.8 Å². The van der Waals surface area contributed by atoms with Gasteiger partial charge in [-0.3, -0.25) is 4.79 Å². The van der Waals surface area contributed by atoms with Crippen molar-refractivity contribution in [3.8, 4) is 16.3 Å². The lowest BCUT2D eigenvalue weighted by Crippen LogP contribution is -2.34. The number of thiophene rings is 1. The highest BCUT2D eigenvalue weighted by molar-refractivity contribution is 7.99. The van der Waals surface area contributed by atoms with E-state index in [1.165, 1.54) is 58.1 Å². The van der Waals surface area contributed by atoms with Crippen LogP contribution in [0.4, 0.5) is 15.8 Å². The van der Waals surface area contributed by atoms with Crippen LogP contribution in [0.2, 0.25) is 5.02 Å². The summed E-state index contributed by atoms with van der Waals surface area (Å²) in [6, 6.07) is 13.6. The Morgan fingerprint density at radius 2 is 2.11 bits per heavy atom. The second kappa shape index (κ2) is 9.94. The molecular weight excluding hydrogens is 529 g/mol. The van der Waals surface area contributed by atoms with Gasteiger partial charge >= 0.3 is 0 Å². The Hall–Kier alpha value is -2.99. The summed E-state index contributed by atoms with van der Waals surface area (Å²) in [5, 5.41) is 17.4. The largest absolute Gasteiger partial charge is 0.505 e. The number of aliphatic imine (C=N–C) groups is 1. The van der Waals surface area contributed by atoms with Crippen LogP contribution in [0, 0.1) is 5.82 Å². The zero-order valence-electron chi connectivity index (χ0n) is 18.1. The van der Waals surface area contributed by atoms with Gasteiger partial charge in [-0.05, 0) is 59.3 Å². The van der Waals surface area contributed by atoms with E-state index in [0.717, 1.165) is 10.6 Å². The van der Waals surface area contributed by atoms with Crippen LogP contribution in [0.1, 0.15) is 11.1 Å². The van der Waals surface area contributed by atoms with Crippen LogP contribution in [0.5, 0.6) is 5.75 Å². The predicted molar refractivity (Wildman–Crippen MR) is 143 cm³/mol. The van der Waals surface area contributed by atoms with Crippen LogP contribution in [0.3, 0.4) is 0 Å². The fraction of sp³-hybridized carbons (Fsp3) is 0.0870. The van der Waals surface area contributed by atoms with Crippen molar-refractivity contribution in [2.24, 2.45) is 4.99 Å². The van der Waals surface area contributed by atoms with Gasteiger partial charge in [-0.25, -0.2) is 14.1 Å². The summed E-state index contributed by atoms with van der Waals surface area (Å²) in [7, 11) is 0. The average Bonchev–Trinajstić information content (AvgIpc) is 3.38. The second-order valence-corrected chi connectivity index (χ2v) is 10.2. The topological polar surface area (TPSA) is 91.5 Å². The summed E-state index contributed by atoms with van der Waals surface area (Å²) in [5.74, 6) is -0.586. The van der Waals surface area contributed by atoms with Gasteiger partial charge in [0.05, 0.1) is 27.0 Å². The molecule has 7 nitrogen and oxygen atoms in total. The third-order valence-corrected chi connectivity index (χ3v) is 7.56. The van der Waals surface area contributed by atoms with Crippen LogP contribution < -0.4 is 15.0 Å². The Bertz CT molecular complexity index is 1510. The molecule has 0 fully saturated rings. The van der Waals surface area contributed by atoms with E-state index in [4.69, 9.17) is 11.6 Å². The Balaban J connectivity index is 1.63. The molecule has 0 spiro atoms. The van der Waals surface area contributed by atoms with Gasteiger partial charge in [0, 0.05) is 11.9 Å². The number of benzene rings is 2. The molecule has 0 unspecified atom stereocenters. The molecule has 178 valence electrons. The van der Waals surface area contributed by atoms with E-state index in [0.29, 0.717) is 16.1 Å². The normalized spacial score (nSPS) is 12.6. The Morgan fingerprint density at radius 3 is 2.86 bits per heavy atom. The Morgan fingerprint density at radius 1 is 1.26 bits per heavy atom. The monoisotopic (exact) mass is 545 g/mol. The molecule has 0 amide bonds. The average molecular weight is 546 g/mol. The zero-order chi connectivity index (χ0) is 24.5. The molecule has 1 aliphatic rings. The quantitative estimate of drug-likeness (QED) is 0.260. The van der Waals surface area contributed by atoms with Crippen molar-refractivity contribution in [2.75, 3.05) is 11.0 Å².